The molecule has 1 unspecified atom stereocenters. The highest BCUT2D eigenvalue weighted by atomic mass is 16.1. The third kappa shape index (κ3) is 1.44. The molecule has 1 aliphatic heterocycles. The lowest BCUT2D eigenvalue weighted by Crippen LogP contribution is -2.21. The minimum Gasteiger partial charge on any atom is -0.296 e. The molecule has 1 aromatic heterocycles. The average molecular weight is 250 g/mol. The van der Waals surface area contributed by atoms with Crippen molar-refractivity contribution in [3.05, 3.63) is 52.6 Å². The van der Waals surface area contributed by atoms with Gasteiger partial charge >= 0.3 is 0 Å². The number of nitrogens with zero attached hydrogens (tertiary/aromatic N) is 2. The first-order chi connectivity index (χ1) is 9.24. The van der Waals surface area contributed by atoms with Crippen molar-refractivity contribution in [3.63, 3.8) is 0 Å². The van der Waals surface area contributed by atoms with E-state index in [9.17, 15) is 4.79 Å². The molecular weight excluding hydrogens is 236 g/mol. The van der Waals surface area contributed by atoms with E-state index in [2.05, 4.69) is 13.0 Å². The van der Waals surface area contributed by atoms with Crippen LogP contribution in [0, 0.1) is 0 Å². The highest BCUT2D eigenvalue weighted by molar-refractivity contribution is 5.96. The second kappa shape index (κ2) is 3.67. The molecule has 3 nitrogen and oxygen atoms in total. The molecule has 0 amide bonds. The van der Waals surface area contributed by atoms with Crippen LogP contribution in [0.2, 0.25) is 0 Å². The van der Waals surface area contributed by atoms with Gasteiger partial charge in [0.1, 0.15) is 5.82 Å². The van der Waals surface area contributed by atoms with Crippen LogP contribution < -0.4 is 5.56 Å². The summed E-state index contributed by atoms with van der Waals surface area (Å²) in [6, 6.07) is 12.1. The lowest BCUT2D eigenvalue weighted by Gasteiger charge is -2.08. The predicted octanol–water partition coefficient (Wildman–Crippen LogP) is 3.06. The Bertz CT molecular complexity index is 864. The summed E-state index contributed by atoms with van der Waals surface area (Å²) in [5.74, 6) is 1.32. The molecule has 2 heterocycles. The van der Waals surface area contributed by atoms with Crippen LogP contribution in [0.1, 0.15) is 25.1 Å². The summed E-state index contributed by atoms with van der Waals surface area (Å²) in [6.07, 6.45) is 1.01. The van der Waals surface area contributed by atoms with E-state index in [1.54, 1.807) is 0 Å². The smallest absolute Gasteiger partial charge is 0.261 e. The van der Waals surface area contributed by atoms with Crippen molar-refractivity contribution in [3.8, 4) is 0 Å². The van der Waals surface area contributed by atoms with Crippen molar-refractivity contribution >= 4 is 21.7 Å². The molecule has 19 heavy (non-hydrogen) atoms. The van der Waals surface area contributed by atoms with Crippen molar-refractivity contribution in [2.45, 2.75) is 25.8 Å². The summed E-state index contributed by atoms with van der Waals surface area (Å²) in [4.78, 5) is 17.2. The fourth-order valence-corrected chi connectivity index (χ4v) is 2.97. The first-order valence-electron chi connectivity index (χ1n) is 6.67. The van der Waals surface area contributed by atoms with E-state index in [1.165, 1.54) is 0 Å². The first-order valence-corrected chi connectivity index (χ1v) is 6.67. The van der Waals surface area contributed by atoms with Crippen LogP contribution >= 0.6 is 0 Å². The molecule has 0 fully saturated rings. The Morgan fingerprint density at radius 3 is 2.74 bits per heavy atom. The number of benzene rings is 2. The van der Waals surface area contributed by atoms with Crippen LogP contribution in [0.25, 0.3) is 21.7 Å². The minimum atomic E-state index is 0.107. The van der Waals surface area contributed by atoms with Crippen molar-refractivity contribution < 1.29 is 0 Å². The number of rotatable bonds is 0. The largest absolute Gasteiger partial charge is 0.296 e. The Balaban J connectivity index is 2.18. The maximum atomic E-state index is 12.5. The van der Waals surface area contributed by atoms with Gasteiger partial charge < -0.3 is 0 Å². The SMILES string of the molecule is CC1CCn2c1nc1cc3ccccc3cc1c2=O. The van der Waals surface area contributed by atoms with Crippen LogP contribution in [-0.4, -0.2) is 9.55 Å². The second-order valence-corrected chi connectivity index (χ2v) is 5.33. The predicted molar refractivity (Wildman–Crippen MR) is 76.5 cm³/mol. The van der Waals surface area contributed by atoms with Crippen LogP contribution in [0.3, 0.4) is 0 Å². The topological polar surface area (TPSA) is 34.9 Å². The van der Waals surface area contributed by atoms with E-state index in [1.807, 2.05) is 34.9 Å². The summed E-state index contributed by atoms with van der Waals surface area (Å²) < 4.78 is 1.84. The molecule has 0 spiro atoms. The van der Waals surface area contributed by atoms with E-state index in [-0.39, 0.29) is 5.56 Å². The van der Waals surface area contributed by atoms with Gasteiger partial charge in [0.25, 0.3) is 5.56 Å². The monoisotopic (exact) mass is 250 g/mol. The molecule has 0 radical (unpaired) electrons. The van der Waals surface area contributed by atoms with Gasteiger partial charge in [-0.05, 0) is 29.3 Å². The van der Waals surface area contributed by atoms with E-state index >= 15 is 0 Å². The molecular formula is C16H14N2O. The van der Waals surface area contributed by atoms with Gasteiger partial charge in [-0.1, -0.05) is 31.2 Å². The first kappa shape index (κ1) is 10.7. The molecule has 0 bridgehead atoms. The third-order valence-electron chi connectivity index (χ3n) is 4.08. The quantitative estimate of drug-likeness (QED) is 0.575. The standard InChI is InChI=1S/C16H14N2O/c1-10-6-7-18-15(10)17-14-9-12-5-3-2-4-11(12)8-13(14)16(18)19/h2-5,8-10H,6-7H2,1H3. The average Bonchev–Trinajstić information content (AvgIpc) is 2.79. The van der Waals surface area contributed by atoms with Crippen LogP contribution in [0.15, 0.2) is 41.2 Å². The van der Waals surface area contributed by atoms with Gasteiger partial charge in [0.2, 0.25) is 0 Å². The normalized spacial score (nSPS) is 18.1. The second-order valence-electron chi connectivity index (χ2n) is 5.33. The summed E-state index contributed by atoms with van der Waals surface area (Å²) in [5.41, 5.74) is 0.929. The van der Waals surface area contributed by atoms with Gasteiger partial charge in [-0.15, -0.1) is 0 Å². The van der Waals surface area contributed by atoms with Gasteiger partial charge in [-0.25, -0.2) is 4.98 Å². The lowest BCUT2D eigenvalue weighted by molar-refractivity contribution is 0.696. The van der Waals surface area contributed by atoms with Crippen LogP contribution in [0.5, 0.6) is 0 Å². The molecule has 0 saturated carbocycles. The maximum Gasteiger partial charge on any atom is 0.261 e. The molecule has 94 valence electrons. The minimum absolute atomic E-state index is 0.107. The maximum absolute atomic E-state index is 12.5. The fraction of sp³-hybridized carbons (Fsp3) is 0.250. The molecule has 3 aromatic rings. The number of aromatic nitrogens is 2. The molecule has 0 N–H and O–H groups in total. The zero-order chi connectivity index (χ0) is 13.0. The van der Waals surface area contributed by atoms with E-state index in [0.29, 0.717) is 5.92 Å². The Kier molecular flexibility index (Phi) is 2.07. The highest BCUT2D eigenvalue weighted by Gasteiger charge is 2.22. The molecule has 0 saturated heterocycles. The molecule has 1 aliphatic rings. The van der Waals surface area contributed by atoms with Crippen LogP contribution in [-0.2, 0) is 6.54 Å². The van der Waals surface area contributed by atoms with E-state index < -0.39 is 0 Å². The zero-order valence-corrected chi connectivity index (χ0v) is 10.8. The molecule has 3 heteroatoms. The third-order valence-corrected chi connectivity index (χ3v) is 4.08. The lowest BCUT2D eigenvalue weighted by atomic mass is 10.1. The Morgan fingerprint density at radius 1 is 1.21 bits per heavy atom. The van der Waals surface area contributed by atoms with Crippen molar-refractivity contribution in [2.24, 2.45) is 0 Å². The highest BCUT2D eigenvalue weighted by Crippen LogP contribution is 2.27. The van der Waals surface area contributed by atoms with E-state index in [0.717, 1.165) is 40.5 Å². The fourth-order valence-electron chi connectivity index (χ4n) is 2.97. The molecule has 1 atom stereocenters. The summed E-state index contributed by atoms with van der Waals surface area (Å²) in [5, 5.41) is 2.97. The van der Waals surface area contributed by atoms with Crippen molar-refractivity contribution in [1.82, 2.24) is 9.55 Å². The Morgan fingerprint density at radius 2 is 1.95 bits per heavy atom. The molecule has 0 aliphatic carbocycles. The molecule has 2 aromatic carbocycles. The number of hydrogen-bond acceptors (Lipinski definition) is 2. The Hall–Kier alpha value is -2.16. The summed E-state index contributed by atoms with van der Waals surface area (Å²) in [7, 11) is 0. The van der Waals surface area contributed by atoms with Gasteiger partial charge in [-0.2, -0.15) is 0 Å². The van der Waals surface area contributed by atoms with Gasteiger partial charge in [-0.3, -0.25) is 9.36 Å². The van der Waals surface area contributed by atoms with Gasteiger partial charge in [0.15, 0.2) is 0 Å². The van der Waals surface area contributed by atoms with E-state index in [4.69, 9.17) is 4.98 Å². The van der Waals surface area contributed by atoms with Crippen molar-refractivity contribution in [1.29, 1.82) is 0 Å². The van der Waals surface area contributed by atoms with Gasteiger partial charge in [0.05, 0.1) is 10.9 Å². The number of hydrogen-bond donors (Lipinski definition) is 0. The van der Waals surface area contributed by atoms with Gasteiger partial charge in [0, 0.05) is 12.5 Å². The summed E-state index contributed by atoms with van der Waals surface area (Å²) in [6.45, 7) is 2.93. The molecule has 4 rings (SSSR count). The van der Waals surface area contributed by atoms with Crippen LogP contribution in [0.4, 0.5) is 0 Å². The summed E-state index contributed by atoms with van der Waals surface area (Å²) >= 11 is 0. The van der Waals surface area contributed by atoms with Crippen molar-refractivity contribution in [2.75, 3.05) is 0 Å². The number of fused-ring (bicyclic) bond motifs is 3. The zero-order valence-electron chi connectivity index (χ0n) is 10.8. The Labute approximate surface area is 110 Å².